The molecule has 0 aliphatic heterocycles. The Bertz CT molecular complexity index is 636. The molecule has 4 rings (SSSR count). The van der Waals surface area contributed by atoms with Gasteiger partial charge in [0.1, 0.15) is 0 Å². The van der Waals surface area contributed by atoms with Crippen molar-refractivity contribution in [1.82, 2.24) is 10.1 Å². The Morgan fingerprint density at radius 1 is 1.10 bits per heavy atom. The van der Waals surface area contributed by atoms with E-state index < -0.39 is 0 Å². The van der Waals surface area contributed by atoms with Gasteiger partial charge in [-0.15, -0.1) is 0 Å². The zero-order valence-electron chi connectivity index (χ0n) is 11.2. The average Bonchev–Trinajstić information content (AvgIpc) is 3.16. The van der Waals surface area contributed by atoms with Crippen LogP contribution in [0.15, 0.2) is 40.9 Å². The molecule has 0 radical (unpaired) electrons. The number of rotatable bonds is 2. The molecule has 1 heterocycles. The fourth-order valence-electron chi connectivity index (χ4n) is 3.22. The maximum absolute atomic E-state index is 5.87. The van der Waals surface area contributed by atoms with Gasteiger partial charge in [-0.1, -0.05) is 41.6 Å². The first-order valence-corrected chi connectivity index (χ1v) is 7.14. The number of hydrogen-bond donors (Lipinski definition) is 1. The summed E-state index contributed by atoms with van der Waals surface area (Å²) < 4.78 is 5.44. The summed E-state index contributed by atoms with van der Waals surface area (Å²) in [5.41, 5.74) is 8.69. The number of allylic oxidation sites excluding steroid dienone is 1. The molecule has 2 N–H and O–H groups in total. The fourth-order valence-corrected chi connectivity index (χ4v) is 3.22. The van der Waals surface area contributed by atoms with Gasteiger partial charge < -0.3 is 10.3 Å². The first-order valence-electron chi connectivity index (χ1n) is 7.14. The van der Waals surface area contributed by atoms with Crippen LogP contribution in [0.1, 0.15) is 41.1 Å². The van der Waals surface area contributed by atoms with E-state index in [9.17, 15) is 0 Å². The van der Waals surface area contributed by atoms with Crippen LogP contribution in [-0.4, -0.2) is 16.2 Å². The molecule has 2 aliphatic rings. The number of nitrogens with two attached hydrogens (primary N) is 1. The van der Waals surface area contributed by atoms with Crippen LogP contribution >= 0.6 is 0 Å². The van der Waals surface area contributed by atoms with Crippen molar-refractivity contribution in [1.29, 1.82) is 0 Å². The molecule has 102 valence electrons. The molecular formula is C16H17N3O. The molecule has 0 fully saturated rings. The number of aromatic nitrogens is 2. The maximum Gasteiger partial charge on any atom is 0.233 e. The van der Waals surface area contributed by atoms with Crippen molar-refractivity contribution in [2.45, 2.75) is 37.1 Å². The second-order valence-corrected chi connectivity index (χ2v) is 5.76. The molecule has 2 aromatic rings. The fraction of sp³-hybridized carbons (Fsp3) is 0.375. The van der Waals surface area contributed by atoms with Crippen LogP contribution in [0.4, 0.5) is 0 Å². The minimum Gasteiger partial charge on any atom is -0.339 e. The molecular weight excluding hydrogens is 250 g/mol. The molecule has 1 aromatic heterocycles. The third-order valence-electron chi connectivity index (χ3n) is 4.31. The number of hydrogen-bond acceptors (Lipinski definition) is 4. The number of fused-ring (bicyclic) bond motifs is 1. The molecule has 1 aromatic carbocycles. The SMILES string of the molecule is NC1C=CC(c2nc(C3Cc4ccccc4C3)no2)C1. The molecule has 0 saturated heterocycles. The quantitative estimate of drug-likeness (QED) is 0.848. The van der Waals surface area contributed by atoms with E-state index in [-0.39, 0.29) is 12.0 Å². The lowest BCUT2D eigenvalue weighted by atomic mass is 10.1. The molecule has 2 atom stereocenters. The van der Waals surface area contributed by atoms with Gasteiger partial charge in [0.15, 0.2) is 5.82 Å². The Morgan fingerprint density at radius 2 is 1.85 bits per heavy atom. The van der Waals surface area contributed by atoms with Crippen molar-refractivity contribution >= 4 is 0 Å². The largest absolute Gasteiger partial charge is 0.339 e. The van der Waals surface area contributed by atoms with Gasteiger partial charge in [0.2, 0.25) is 5.89 Å². The maximum atomic E-state index is 5.87. The third-order valence-corrected chi connectivity index (χ3v) is 4.31. The topological polar surface area (TPSA) is 64.9 Å². The summed E-state index contributed by atoms with van der Waals surface area (Å²) in [6, 6.07) is 8.68. The van der Waals surface area contributed by atoms with Gasteiger partial charge in [0.25, 0.3) is 0 Å². The third kappa shape index (κ3) is 1.96. The second kappa shape index (κ2) is 4.56. The second-order valence-electron chi connectivity index (χ2n) is 5.76. The summed E-state index contributed by atoms with van der Waals surface area (Å²) >= 11 is 0. The Kier molecular flexibility index (Phi) is 2.70. The van der Waals surface area contributed by atoms with E-state index in [1.165, 1.54) is 11.1 Å². The van der Waals surface area contributed by atoms with Crippen LogP contribution in [0.25, 0.3) is 0 Å². The van der Waals surface area contributed by atoms with Crippen LogP contribution in [0, 0.1) is 0 Å². The average molecular weight is 267 g/mol. The predicted molar refractivity (Wildman–Crippen MR) is 75.4 cm³/mol. The molecule has 0 bridgehead atoms. The van der Waals surface area contributed by atoms with E-state index in [4.69, 9.17) is 10.3 Å². The Labute approximate surface area is 117 Å². The molecule has 4 heteroatoms. The summed E-state index contributed by atoms with van der Waals surface area (Å²) in [6.07, 6.45) is 6.97. The lowest BCUT2D eigenvalue weighted by molar-refractivity contribution is 0.357. The van der Waals surface area contributed by atoms with Crippen molar-refractivity contribution in [3.05, 3.63) is 59.3 Å². The summed E-state index contributed by atoms with van der Waals surface area (Å²) in [7, 11) is 0. The Morgan fingerprint density at radius 3 is 2.50 bits per heavy atom. The van der Waals surface area contributed by atoms with Crippen LogP contribution in [0.5, 0.6) is 0 Å². The minimum absolute atomic E-state index is 0.117. The smallest absolute Gasteiger partial charge is 0.233 e. The van der Waals surface area contributed by atoms with Crippen molar-refractivity contribution in [2.75, 3.05) is 0 Å². The summed E-state index contributed by atoms with van der Waals surface area (Å²) in [5, 5.41) is 4.19. The monoisotopic (exact) mass is 267 g/mol. The first-order chi connectivity index (χ1) is 9.79. The molecule has 0 spiro atoms. The van der Waals surface area contributed by atoms with Crippen molar-refractivity contribution in [3.8, 4) is 0 Å². The van der Waals surface area contributed by atoms with Gasteiger partial charge >= 0.3 is 0 Å². The van der Waals surface area contributed by atoms with Gasteiger partial charge in [-0.25, -0.2) is 0 Å². The standard InChI is InChI=1S/C16H17N3O/c17-14-6-5-12(9-14)16-18-15(19-20-16)13-7-10-3-1-2-4-11(10)8-13/h1-6,12-14H,7-9,17H2. The van der Waals surface area contributed by atoms with Gasteiger partial charge in [-0.3, -0.25) is 0 Å². The van der Waals surface area contributed by atoms with E-state index in [0.29, 0.717) is 11.8 Å². The minimum atomic E-state index is 0.117. The molecule has 4 nitrogen and oxygen atoms in total. The van der Waals surface area contributed by atoms with Crippen LogP contribution in [-0.2, 0) is 12.8 Å². The molecule has 0 amide bonds. The van der Waals surface area contributed by atoms with Crippen LogP contribution < -0.4 is 5.73 Å². The van der Waals surface area contributed by atoms with Gasteiger partial charge in [0.05, 0.1) is 5.92 Å². The van der Waals surface area contributed by atoms with Crippen molar-refractivity contribution in [3.63, 3.8) is 0 Å². The zero-order valence-corrected chi connectivity index (χ0v) is 11.2. The normalized spacial score (nSPS) is 25.2. The highest BCUT2D eigenvalue weighted by atomic mass is 16.5. The predicted octanol–water partition coefficient (Wildman–Crippen LogP) is 2.32. The van der Waals surface area contributed by atoms with E-state index in [1.807, 2.05) is 6.08 Å². The molecule has 2 aliphatic carbocycles. The zero-order chi connectivity index (χ0) is 13.5. The molecule has 2 unspecified atom stereocenters. The highest BCUT2D eigenvalue weighted by molar-refractivity contribution is 5.35. The number of nitrogens with zero attached hydrogens (tertiary/aromatic N) is 2. The van der Waals surface area contributed by atoms with Gasteiger partial charge in [0, 0.05) is 12.0 Å². The van der Waals surface area contributed by atoms with E-state index in [1.54, 1.807) is 0 Å². The first kappa shape index (κ1) is 11.9. The van der Waals surface area contributed by atoms with Gasteiger partial charge in [-0.2, -0.15) is 4.98 Å². The van der Waals surface area contributed by atoms with E-state index >= 15 is 0 Å². The van der Waals surface area contributed by atoms with Gasteiger partial charge in [-0.05, 0) is 30.4 Å². The van der Waals surface area contributed by atoms with Crippen LogP contribution in [0.2, 0.25) is 0 Å². The Hall–Kier alpha value is -1.94. The van der Waals surface area contributed by atoms with E-state index in [0.717, 1.165) is 25.1 Å². The van der Waals surface area contributed by atoms with E-state index in [2.05, 4.69) is 40.5 Å². The summed E-state index contributed by atoms with van der Waals surface area (Å²) in [6.45, 7) is 0. The lowest BCUT2D eigenvalue weighted by Gasteiger charge is -2.03. The highest BCUT2D eigenvalue weighted by Crippen LogP contribution is 2.34. The van der Waals surface area contributed by atoms with Crippen molar-refractivity contribution in [2.24, 2.45) is 5.73 Å². The highest BCUT2D eigenvalue weighted by Gasteiger charge is 2.29. The molecule has 20 heavy (non-hydrogen) atoms. The lowest BCUT2D eigenvalue weighted by Crippen LogP contribution is -2.14. The van der Waals surface area contributed by atoms with Crippen molar-refractivity contribution < 1.29 is 4.52 Å². The summed E-state index contributed by atoms with van der Waals surface area (Å²) in [5.74, 6) is 2.09. The van der Waals surface area contributed by atoms with Crippen LogP contribution in [0.3, 0.4) is 0 Å². The molecule has 0 saturated carbocycles. The number of benzene rings is 1. The Balaban J connectivity index is 1.54. The summed E-state index contributed by atoms with van der Waals surface area (Å²) in [4.78, 5) is 4.61.